The molecule has 0 saturated carbocycles. The average molecular weight is 167 g/mol. The van der Waals surface area contributed by atoms with Gasteiger partial charge in [0.2, 0.25) is 0 Å². The summed E-state index contributed by atoms with van der Waals surface area (Å²) in [5.41, 5.74) is 1.76. The van der Waals surface area contributed by atoms with E-state index in [0.717, 1.165) is 5.56 Å². The van der Waals surface area contributed by atoms with Crippen molar-refractivity contribution in [1.82, 2.24) is 4.98 Å². The standard InChI is InChI=1S/C10H14FN/c1-7(2)9-4-10(8(3)11)6-12-5-9/h4-8H,1-3H3. The van der Waals surface area contributed by atoms with Gasteiger partial charge < -0.3 is 0 Å². The summed E-state index contributed by atoms with van der Waals surface area (Å²) in [6, 6.07) is 1.88. The largest absolute Gasteiger partial charge is 0.264 e. The normalized spacial score (nSPS) is 13.4. The maximum Gasteiger partial charge on any atom is 0.124 e. The Labute approximate surface area is 72.6 Å². The van der Waals surface area contributed by atoms with Crippen molar-refractivity contribution in [3.05, 3.63) is 29.6 Å². The van der Waals surface area contributed by atoms with Gasteiger partial charge in [-0.2, -0.15) is 0 Å². The molecule has 0 aromatic carbocycles. The number of hydrogen-bond acceptors (Lipinski definition) is 1. The third kappa shape index (κ3) is 2.03. The molecule has 0 fully saturated rings. The van der Waals surface area contributed by atoms with Crippen LogP contribution in [0.4, 0.5) is 4.39 Å². The summed E-state index contributed by atoms with van der Waals surface area (Å²) >= 11 is 0. The van der Waals surface area contributed by atoms with E-state index >= 15 is 0 Å². The Balaban J connectivity index is 2.96. The van der Waals surface area contributed by atoms with E-state index in [1.54, 1.807) is 12.4 Å². The highest BCUT2D eigenvalue weighted by molar-refractivity contribution is 5.22. The first-order valence-corrected chi connectivity index (χ1v) is 4.20. The summed E-state index contributed by atoms with van der Waals surface area (Å²) in [5.74, 6) is 0.413. The SMILES string of the molecule is CC(C)c1cncc(C(C)F)c1. The van der Waals surface area contributed by atoms with E-state index in [2.05, 4.69) is 18.8 Å². The van der Waals surface area contributed by atoms with E-state index in [9.17, 15) is 4.39 Å². The van der Waals surface area contributed by atoms with Crippen LogP contribution in [0.15, 0.2) is 18.5 Å². The number of hydrogen-bond donors (Lipinski definition) is 0. The third-order valence-corrected chi connectivity index (χ3v) is 1.91. The lowest BCUT2D eigenvalue weighted by Crippen LogP contribution is -1.93. The zero-order valence-electron chi connectivity index (χ0n) is 7.71. The highest BCUT2D eigenvalue weighted by Crippen LogP contribution is 2.20. The van der Waals surface area contributed by atoms with Gasteiger partial charge >= 0.3 is 0 Å². The van der Waals surface area contributed by atoms with Gasteiger partial charge in [-0.3, -0.25) is 4.98 Å². The van der Waals surface area contributed by atoms with Gasteiger partial charge in [0.05, 0.1) is 0 Å². The molecule has 1 nitrogen and oxygen atoms in total. The van der Waals surface area contributed by atoms with Gasteiger partial charge in [0, 0.05) is 18.0 Å². The van der Waals surface area contributed by atoms with Crippen molar-refractivity contribution in [2.75, 3.05) is 0 Å². The molecule has 1 rings (SSSR count). The van der Waals surface area contributed by atoms with Gasteiger partial charge in [-0.15, -0.1) is 0 Å². The molecule has 0 aliphatic heterocycles. The molecule has 1 aromatic rings. The summed E-state index contributed by atoms with van der Waals surface area (Å²) in [5, 5.41) is 0. The van der Waals surface area contributed by atoms with Gasteiger partial charge in [-0.1, -0.05) is 13.8 Å². The molecule has 12 heavy (non-hydrogen) atoms. The van der Waals surface area contributed by atoms with Crippen molar-refractivity contribution in [3.63, 3.8) is 0 Å². The van der Waals surface area contributed by atoms with E-state index in [1.807, 2.05) is 6.07 Å². The predicted molar refractivity (Wildman–Crippen MR) is 47.8 cm³/mol. The van der Waals surface area contributed by atoms with Gasteiger partial charge in [0.15, 0.2) is 0 Å². The maximum absolute atomic E-state index is 12.8. The fraction of sp³-hybridized carbons (Fsp3) is 0.500. The van der Waals surface area contributed by atoms with Crippen LogP contribution in [0.3, 0.4) is 0 Å². The number of halogens is 1. The Morgan fingerprint density at radius 1 is 1.17 bits per heavy atom. The lowest BCUT2D eigenvalue weighted by molar-refractivity contribution is 0.373. The first-order valence-electron chi connectivity index (χ1n) is 4.20. The molecule has 0 N–H and O–H groups in total. The van der Waals surface area contributed by atoms with Gasteiger partial charge in [0.25, 0.3) is 0 Å². The van der Waals surface area contributed by atoms with Crippen LogP contribution in [-0.4, -0.2) is 4.98 Å². The second-order valence-corrected chi connectivity index (χ2v) is 3.32. The molecule has 1 aromatic heterocycles. The third-order valence-electron chi connectivity index (χ3n) is 1.91. The highest BCUT2D eigenvalue weighted by Gasteiger charge is 2.05. The van der Waals surface area contributed by atoms with E-state index in [0.29, 0.717) is 11.5 Å². The topological polar surface area (TPSA) is 12.9 Å². The molecule has 1 unspecified atom stereocenters. The van der Waals surface area contributed by atoms with Crippen LogP contribution in [0.5, 0.6) is 0 Å². The maximum atomic E-state index is 12.8. The first kappa shape index (κ1) is 9.17. The van der Waals surface area contributed by atoms with Crippen LogP contribution >= 0.6 is 0 Å². The first-order chi connectivity index (χ1) is 5.61. The molecule has 1 atom stereocenters. The van der Waals surface area contributed by atoms with E-state index < -0.39 is 6.17 Å². The summed E-state index contributed by atoms with van der Waals surface area (Å²) in [4.78, 5) is 3.99. The van der Waals surface area contributed by atoms with Crippen molar-refractivity contribution in [1.29, 1.82) is 0 Å². The Morgan fingerprint density at radius 3 is 2.25 bits per heavy atom. The Morgan fingerprint density at radius 2 is 1.75 bits per heavy atom. The molecule has 0 amide bonds. The van der Waals surface area contributed by atoms with Crippen molar-refractivity contribution in [2.45, 2.75) is 32.9 Å². The minimum Gasteiger partial charge on any atom is -0.264 e. The van der Waals surface area contributed by atoms with Gasteiger partial charge in [-0.25, -0.2) is 4.39 Å². The molecule has 0 saturated heterocycles. The summed E-state index contributed by atoms with van der Waals surface area (Å²) < 4.78 is 12.8. The van der Waals surface area contributed by atoms with Crippen LogP contribution in [0.25, 0.3) is 0 Å². The monoisotopic (exact) mass is 167 g/mol. The molecule has 0 spiro atoms. The summed E-state index contributed by atoms with van der Waals surface area (Å²) in [7, 11) is 0. The van der Waals surface area contributed by atoms with Gasteiger partial charge in [-0.05, 0) is 24.5 Å². The lowest BCUT2D eigenvalue weighted by atomic mass is 10.0. The Bertz CT molecular complexity index is 233. The molecule has 0 aliphatic rings. The smallest absolute Gasteiger partial charge is 0.124 e. The fourth-order valence-corrected chi connectivity index (χ4v) is 1.01. The Kier molecular flexibility index (Phi) is 2.79. The van der Waals surface area contributed by atoms with E-state index in [1.165, 1.54) is 6.92 Å². The number of alkyl halides is 1. The minimum absolute atomic E-state index is 0.413. The molecule has 66 valence electrons. The van der Waals surface area contributed by atoms with Gasteiger partial charge in [0.1, 0.15) is 6.17 Å². The quantitative estimate of drug-likeness (QED) is 0.659. The molecule has 1 heterocycles. The molecule has 0 radical (unpaired) electrons. The van der Waals surface area contributed by atoms with Crippen LogP contribution < -0.4 is 0 Å². The number of pyridine rings is 1. The molecule has 0 aliphatic carbocycles. The average Bonchev–Trinajstić information content (AvgIpc) is 2.04. The number of nitrogens with zero attached hydrogens (tertiary/aromatic N) is 1. The highest BCUT2D eigenvalue weighted by atomic mass is 19.1. The van der Waals surface area contributed by atoms with E-state index in [4.69, 9.17) is 0 Å². The van der Waals surface area contributed by atoms with E-state index in [-0.39, 0.29) is 0 Å². The van der Waals surface area contributed by atoms with Crippen molar-refractivity contribution in [3.8, 4) is 0 Å². The predicted octanol–water partition coefficient (Wildman–Crippen LogP) is 3.24. The molecular weight excluding hydrogens is 153 g/mol. The van der Waals surface area contributed by atoms with Crippen molar-refractivity contribution < 1.29 is 4.39 Å². The van der Waals surface area contributed by atoms with Crippen LogP contribution in [0.1, 0.15) is 44.0 Å². The summed E-state index contributed by atoms with van der Waals surface area (Å²) in [6.07, 6.45) is 2.45. The Hall–Kier alpha value is -0.920. The lowest BCUT2D eigenvalue weighted by Gasteiger charge is -2.07. The second-order valence-electron chi connectivity index (χ2n) is 3.32. The molecule has 0 bridgehead atoms. The summed E-state index contributed by atoms with van der Waals surface area (Å²) in [6.45, 7) is 5.68. The van der Waals surface area contributed by atoms with Crippen LogP contribution in [0, 0.1) is 0 Å². The molecular formula is C10H14FN. The van der Waals surface area contributed by atoms with Crippen molar-refractivity contribution >= 4 is 0 Å². The molecule has 2 heteroatoms. The zero-order valence-corrected chi connectivity index (χ0v) is 7.71. The number of rotatable bonds is 2. The van der Waals surface area contributed by atoms with Crippen molar-refractivity contribution in [2.24, 2.45) is 0 Å². The zero-order chi connectivity index (χ0) is 9.14. The van der Waals surface area contributed by atoms with Crippen LogP contribution in [-0.2, 0) is 0 Å². The van der Waals surface area contributed by atoms with Crippen LogP contribution in [0.2, 0.25) is 0 Å². The number of aromatic nitrogens is 1. The second kappa shape index (κ2) is 3.65. The minimum atomic E-state index is -0.920. The fourth-order valence-electron chi connectivity index (χ4n) is 1.01.